The van der Waals surface area contributed by atoms with Crippen LogP contribution in [0.15, 0.2) is 36.5 Å². The Morgan fingerprint density at radius 1 is 1.10 bits per heavy atom. The molecule has 0 amide bonds. The molecule has 6 heteroatoms. The number of aromatic nitrogens is 1. The molecular weight excluding hydrogens is 474 g/mol. The van der Waals surface area contributed by atoms with Crippen LogP contribution in [0.3, 0.4) is 0 Å². The molecule has 0 aliphatic carbocycles. The molecule has 2 rings (SSSR count). The van der Waals surface area contributed by atoms with Crippen molar-refractivity contribution in [3.63, 3.8) is 0 Å². The quantitative estimate of drug-likeness (QED) is 0.577. The van der Waals surface area contributed by atoms with E-state index in [0.29, 0.717) is 43.1 Å². The molecule has 3 radical (unpaired) electrons. The van der Waals surface area contributed by atoms with E-state index in [-0.39, 0.29) is 0 Å². The Morgan fingerprint density at radius 3 is 2.24 bits per heavy atom. The van der Waals surface area contributed by atoms with E-state index in [4.69, 9.17) is 2.69 Å². The first-order valence-corrected chi connectivity index (χ1v) is 7.98. The van der Waals surface area contributed by atoms with Crippen molar-refractivity contribution < 1.29 is 15.9 Å². The van der Waals surface area contributed by atoms with E-state index < -0.39 is 11.7 Å². The van der Waals surface area contributed by atoms with Crippen molar-refractivity contribution in [1.29, 1.82) is 0 Å². The molecule has 0 saturated carbocycles. The van der Waals surface area contributed by atoms with Crippen molar-refractivity contribution in [1.82, 2.24) is 4.98 Å². The summed E-state index contributed by atoms with van der Waals surface area (Å²) < 4.78 is 43.4. The van der Waals surface area contributed by atoms with Gasteiger partial charge in [0.2, 0.25) is 0 Å². The molecule has 0 atom stereocenters. The van der Waals surface area contributed by atoms with Gasteiger partial charge in [0, 0.05) is 0 Å². The molecule has 0 fully saturated rings. The van der Waals surface area contributed by atoms with Gasteiger partial charge in [-0.1, -0.05) is 13.8 Å². The van der Waals surface area contributed by atoms with Crippen molar-refractivity contribution in [2.45, 2.75) is 26.9 Å². The third kappa shape index (κ3) is 4.69. The van der Waals surface area contributed by atoms with Gasteiger partial charge in [-0.15, -0.1) is 0 Å². The summed E-state index contributed by atoms with van der Waals surface area (Å²) in [5, 5.41) is 0. The van der Waals surface area contributed by atoms with E-state index in [1.807, 2.05) is 20.8 Å². The molecule has 0 aliphatic heterocycles. The summed E-state index contributed by atoms with van der Waals surface area (Å²) in [4.78, 5) is 4.10. The normalized spacial score (nSPS) is 10.6. The van der Waals surface area contributed by atoms with E-state index in [1.54, 1.807) is 18.3 Å². The topological polar surface area (TPSA) is 22.1 Å². The van der Waals surface area contributed by atoms with Crippen LogP contribution in [0.5, 0.6) is 5.75 Å². The van der Waals surface area contributed by atoms with Crippen LogP contribution in [-0.4, -0.2) is 31.2 Å². The molecule has 0 aliphatic rings. The van der Waals surface area contributed by atoms with Gasteiger partial charge in [0.15, 0.2) is 0 Å². The van der Waals surface area contributed by atoms with Crippen LogP contribution >= 0.6 is 0 Å². The molecule has 0 bridgehead atoms. The predicted molar refractivity (Wildman–Crippen MR) is 77.1 cm³/mol. The Morgan fingerprint density at radius 2 is 1.76 bits per heavy atom. The zero-order valence-corrected chi connectivity index (χ0v) is 15.8. The molecule has 0 N–H and O–H groups in total. The van der Waals surface area contributed by atoms with Crippen molar-refractivity contribution >= 4 is 26.2 Å². The molecule has 0 saturated heterocycles. The van der Waals surface area contributed by atoms with Crippen LogP contribution in [0.4, 0.5) is 13.2 Å². The number of nitrogens with zero attached hydrogens (tertiary/aromatic N) is 1. The predicted octanol–water partition coefficient (Wildman–Crippen LogP) is 4.56. The summed E-state index contributed by atoms with van der Waals surface area (Å²) in [5.74, 6) is 0.449. The number of benzene rings is 1. The average Bonchev–Trinajstić information content (AvgIpc) is 2.48. The molecule has 1 aromatic carbocycles. The Bertz CT molecular complexity index is 582. The SMILES string of the molecule is CC.Cc1ccc(-c2cc(C(F)(F)F)ccc2[O][Pb])cn1. The van der Waals surface area contributed by atoms with E-state index in [1.165, 1.54) is 6.07 Å². The van der Waals surface area contributed by atoms with Gasteiger partial charge in [0.25, 0.3) is 0 Å². The van der Waals surface area contributed by atoms with Crippen molar-refractivity contribution in [3.8, 4) is 16.9 Å². The van der Waals surface area contributed by atoms with Crippen molar-refractivity contribution in [3.05, 3.63) is 47.8 Å². The number of hydrogen-bond donors (Lipinski definition) is 0. The number of halogens is 3. The monoisotopic (exact) mass is 490 g/mol. The van der Waals surface area contributed by atoms with Gasteiger partial charge in [-0.25, -0.2) is 0 Å². The zero-order chi connectivity index (χ0) is 16.0. The van der Waals surface area contributed by atoms with Gasteiger partial charge < -0.3 is 0 Å². The molecular formula is C15H15F3NOPb. The van der Waals surface area contributed by atoms with Gasteiger partial charge in [0.1, 0.15) is 0 Å². The Labute approximate surface area is 138 Å². The summed E-state index contributed by atoms with van der Waals surface area (Å²) in [6.45, 7) is 5.82. The first-order valence-electron chi connectivity index (χ1n) is 6.39. The Hall–Kier alpha value is -1.12. The van der Waals surface area contributed by atoms with E-state index >= 15 is 0 Å². The molecule has 0 unspecified atom stereocenters. The van der Waals surface area contributed by atoms with Gasteiger partial charge in [0.05, 0.1) is 0 Å². The van der Waals surface area contributed by atoms with Crippen molar-refractivity contribution in [2.24, 2.45) is 0 Å². The number of rotatable bonds is 2. The van der Waals surface area contributed by atoms with Gasteiger partial charge in [-0.05, 0) is 0 Å². The minimum atomic E-state index is -4.36. The molecule has 21 heavy (non-hydrogen) atoms. The standard InChI is InChI=1S/C13H10F3NO.C2H6.Pb/c1-8-2-3-9(7-17-8)11-6-10(13(14,15)16)4-5-12(11)18;1-2;/h2-7,18H,1H3;1-2H3;/q;;+1/p-1. The van der Waals surface area contributed by atoms with E-state index in [9.17, 15) is 13.2 Å². The molecule has 111 valence electrons. The van der Waals surface area contributed by atoms with E-state index in [2.05, 4.69) is 4.98 Å². The van der Waals surface area contributed by atoms with Crippen LogP contribution in [0, 0.1) is 6.92 Å². The zero-order valence-electron chi connectivity index (χ0n) is 12.0. The third-order valence-electron chi connectivity index (χ3n) is 2.64. The van der Waals surface area contributed by atoms with Gasteiger partial charge >= 0.3 is 125 Å². The Balaban J connectivity index is 0.00000106. The maximum atomic E-state index is 12.7. The molecule has 0 spiro atoms. The number of aryl methyl sites for hydroxylation is 1. The van der Waals surface area contributed by atoms with Crippen LogP contribution < -0.4 is 2.69 Å². The fourth-order valence-corrected chi connectivity index (χ4v) is 2.34. The Kier molecular flexibility index (Phi) is 6.63. The van der Waals surface area contributed by atoms with E-state index in [0.717, 1.165) is 17.8 Å². The summed E-state index contributed by atoms with van der Waals surface area (Å²) in [6, 6.07) is 6.97. The minimum absolute atomic E-state index is 0.410. The third-order valence-corrected chi connectivity index (χ3v) is 3.49. The number of alkyl halides is 3. The summed E-state index contributed by atoms with van der Waals surface area (Å²) in [6.07, 6.45) is -2.81. The fourth-order valence-electron chi connectivity index (χ4n) is 1.65. The molecule has 1 aromatic heterocycles. The summed E-state index contributed by atoms with van der Waals surface area (Å²) >= 11 is 0.410. The van der Waals surface area contributed by atoms with Crippen molar-refractivity contribution in [2.75, 3.05) is 0 Å². The first-order chi connectivity index (χ1) is 9.91. The average molecular weight is 489 g/mol. The molecule has 1 heterocycles. The first kappa shape index (κ1) is 17.9. The second-order valence-electron chi connectivity index (χ2n) is 4.00. The van der Waals surface area contributed by atoms with Gasteiger partial charge in [-0.2, -0.15) is 0 Å². The second kappa shape index (κ2) is 7.77. The molecule has 2 aromatic rings. The maximum absolute atomic E-state index is 12.7. The molecule has 2 nitrogen and oxygen atoms in total. The van der Waals surface area contributed by atoms with Crippen LogP contribution in [0.25, 0.3) is 11.1 Å². The van der Waals surface area contributed by atoms with Crippen LogP contribution in [0.2, 0.25) is 0 Å². The van der Waals surface area contributed by atoms with Crippen LogP contribution in [0.1, 0.15) is 25.1 Å². The summed E-state index contributed by atoms with van der Waals surface area (Å²) in [5.41, 5.74) is 1.15. The fraction of sp³-hybridized carbons (Fsp3) is 0.267. The van der Waals surface area contributed by atoms with Crippen LogP contribution in [-0.2, 0) is 6.18 Å². The number of pyridine rings is 1. The summed E-state index contributed by atoms with van der Waals surface area (Å²) in [7, 11) is 0. The second-order valence-corrected chi connectivity index (χ2v) is 4.79. The number of hydrogen-bond acceptors (Lipinski definition) is 2. The van der Waals surface area contributed by atoms with Gasteiger partial charge in [-0.3, -0.25) is 0 Å².